The van der Waals surface area contributed by atoms with Crippen LogP contribution in [0.2, 0.25) is 0 Å². The van der Waals surface area contributed by atoms with Gasteiger partial charge in [-0.05, 0) is 23.6 Å². The van der Waals surface area contributed by atoms with Crippen molar-refractivity contribution in [2.75, 3.05) is 6.61 Å². The van der Waals surface area contributed by atoms with E-state index in [1.807, 2.05) is 0 Å². The molecule has 2 aromatic rings. The van der Waals surface area contributed by atoms with Gasteiger partial charge in [0, 0.05) is 18.9 Å². The lowest BCUT2D eigenvalue weighted by atomic mass is 9.89. The molecule has 0 saturated heterocycles. The molecule has 0 aliphatic carbocycles. The summed E-state index contributed by atoms with van der Waals surface area (Å²) >= 11 is 0. The molecule has 0 aliphatic heterocycles. The summed E-state index contributed by atoms with van der Waals surface area (Å²) in [5, 5.41) is 9.56. The monoisotopic (exact) mass is 260 g/mol. The van der Waals surface area contributed by atoms with Crippen molar-refractivity contribution in [1.29, 1.82) is 0 Å². The second-order valence-electron chi connectivity index (χ2n) is 5.96. The van der Waals surface area contributed by atoms with E-state index in [1.165, 1.54) is 5.56 Å². The van der Waals surface area contributed by atoms with E-state index in [2.05, 4.69) is 62.5 Å². The molecular weight excluding hydrogens is 236 g/mol. The Kier molecular flexibility index (Phi) is 3.95. The molecule has 2 rings (SSSR count). The van der Waals surface area contributed by atoms with Gasteiger partial charge in [0.2, 0.25) is 0 Å². The molecule has 3 heteroatoms. The summed E-state index contributed by atoms with van der Waals surface area (Å²) < 4.78 is 2.16. The van der Waals surface area contributed by atoms with Crippen LogP contribution in [0.5, 0.6) is 0 Å². The first-order chi connectivity index (χ1) is 8.95. The standard InChI is InChI=1S/C16H24N2O/c1-10(2)13(9-19)12-6-7-14-15(8-12)18(5)16(17-14)11(3)4/h6-8,10-11,13,19H,9H2,1-5H3. The summed E-state index contributed by atoms with van der Waals surface area (Å²) in [5.74, 6) is 2.15. The third-order valence-corrected chi connectivity index (χ3v) is 3.89. The number of fused-ring (bicyclic) bond motifs is 1. The Balaban J connectivity index is 2.53. The topological polar surface area (TPSA) is 38.1 Å². The van der Waals surface area contributed by atoms with Crippen molar-refractivity contribution < 1.29 is 5.11 Å². The average molecular weight is 260 g/mol. The summed E-state index contributed by atoms with van der Waals surface area (Å²) in [6.07, 6.45) is 0. The number of rotatable bonds is 4. The lowest BCUT2D eigenvalue weighted by Gasteiger charge is -2.18. The number of aliphatic hydroxyl groups is 1. The number of aryl methyl sites for hydroxylation is 1. The van der Waals surface area contributed by atoms with Crippen molar-refractivity contribution in [3.8, 4) is 0 Å². The second kappa shape index (κ2) is 5.33. The van der Waals surface area contributed by atoms with Gasteiger partial charge in [-0.2, -0.15) is 0 Å². The van der Waals surface area contributed by atoms with E-state index in [-0.39, 0.29) is 12.5 Å². The van der Waals surface area contributed by atoms with Crippen molar-refractivity contribution in [2.45, 2.75) is 39.5 Å². The van der Waals surface area contributed by atoms with E-state index >= 15 is 0 Å². The molecule has 1 heterocycles. The molecular formula is C16H24N2O. The van der Waals surface area contributed by atoms with Gasteiger partial charge in [0.05, 0.1) is 17.6 Å². The quantitative estimate of drug-likeness (QED) is 0.914. The summed E-state index contributed by atoms with van der Waals surface area (Å²) in [6, 6.07) is 6.34. The van der Waals surface area contributed by atoms with E-state index in [9.17, 15) is 5.11 Å². The Morgan fingerprint density at radius 2 is 1.89 bits per heavy atom. The highest BCUT2D eigenvalue weighted by molar-refractivity contribution is 5.77. The highest BCUT2D eigenvalue weighted by atomic mass is 16.3. The van der Waals surface area contributed by atoms with Gasteiger partial charge in [-0.3, -0.25) is 0 Å². The molecule has 19 heavy (non-hydrogen) atoms. The maximum Gasteiger partial charge on any atom is 0.112 e. The number of imidazole rings is 1. The Bertz CT molecular complexity index is 569. The minimum Gasteiger partial charge on any atom is -0.396 e. The number of nitrogens with zero attached hydrogens (tertiary/aromatic N) is 2. The number of aliphatic hydroxyl groups excluding tert-OH is 1. The van der Waals surface area contributed by atoms with Crippen molar-refractivity contribution in [3.63, 3.8) is 0 Å². The fourth-order valence-electron chi connectivity index (χ4n) is 2.67. The minimum absolute atomic E-state index is 0.193. The van der Waals surface area contributed by atoms with Crippen molar-refractivity contribution >= 4 is 11.0 Å². The van der Waals surface area contributed by atoms with Crippen LogP contribution in [0.25, 0.3) is 11.0 Å². The minimum atomic E-state index is 0.193. The number of aromatic nitrogens is 2. The van der Waals surface area contributed by atoms with Gasteiger partial charge >= 0.3 is 0 Å². The number of benzene rings is 1. The van der Waals surface area contributed by atoms with Crippen LogP contribution >= 0.6 is 0 Å². The summed E-state index contributed by atoms with van der Waals surface area (Å²) in [4.78, 5) is 4.68. The van der Waals surface area contributed by atoms with Crippen LogP contribution in [0.1, 0.15) is 50.9 Å². The molecule has 1 atom stereocenters. The molecule has 1 N–H and O–H groups in total. The highest BCUT2D eigenvalue weighted by Gasteiger charge is 2.17. The first kappa shape index (κ1) is 14.1. The van der Waals surface area contributed by atoms with Gasteiger partial charge in [0.1, 0.15) is 5.82 Å². The lowest BCUT2D eigenvalue weighted by molar-refractivity contribution is 0.237. The van der Waals surface area contributed by atoms with Crippen LogP contribution in [0.3, 0.4) is 0 Å². The zero-order chi connectivity index (χ0) is 14.2. The molecule has 0 radical (unpaired) electrons. The van der Waals surface area contributed by atoms with Crippen molar-refractivity contribution in [1.82, 2.24) is 9.55 Å². The van der Waals surface area contributed by atoms with E-state index < -0.39 is 0 Å². The maximum atomic E-state index is 9.56. The van der Waals surface area contributed by atoms with Crippen LogP contribution in [-0.4, -0.2) is 21.3 Å². The molecule has 104 valence electrons. The van der Waals surface area contributed by atoms with E-state index in [4.69, 9.17) is 0 Å². The van der Waals surface area contributed by atoms with E-state index in [0.29, 0.717) is 11.8 Å². The van der Waals surface area contributed by atoms with Crippen LogP contribution in [0.15, 0.2) is 18.2 Å². The van der Waals surface area contributed by atoms with Crippen LogP contribution in [0.4, 0.5) is 0 Å². The Morgan fingerprint density at radius 3 is 2.42 bits per heavy atom. The zero-order valence-corrected chi connectivity index (χ0v) is 12.5. The van der Waals surface area contributed by atoms with E-state index in [0.717, 1.165) is 16.9 Å². The Hall–Kier alpha value is -1.35. The van der Waals surface area contributed by atoms with Gasteiger partial charge in [-0.1, -0.05) is 33.8 Å². The SMILES string of the molecule is CC(C)c1nc2ccc(C(CO)C(C)C)cc2n1C. The largest absolute Gasteiger partial charge is 0.396 e. The van der Waals surface area contributed by atoms with Gasteiger partial charge in [-0.15, -0.1) is 0 Å². The number of hydrogen-bond donors (Lipinski definition) is 1. The van der Waals surface area contributed by atoms with Crippen LogP contribution < -0.4 is 0 Å². The molecule has 0 aliphatic rings. The molecule has 1 aromatic heterocycles. The molecule has 0 bridgehead atoms. The molecule has 3 nitrogen and oxygen atoms in total. The molecule has 0 fully saturated rings. The highest BCUT2D eigenvalue weighted by Crippen LogP contribution is 2.28. The van der Waals surface area contributed by atoms with Gasteiger partial charge < -0.3 is 9.67 Å². The Morgan fingerprint density at radius 1 is 1.21 bits per heavy atom. The lowest BCUT2D eigenvalue weighted by Crippen LogP contribution is -2.11. The third kappa shape index (κ3) is 2.52. The predicted octanol–water partition coefficient (Wildman–Crippen LogP) is 3.43. The molecule has 0 saturated carbocycles. The fraction of sp³-hybridized carbons (Fsp3) is 0.562. The summed E-state index contributed by atoms with van der Waals surface area (Å²) in [5.41, 5.74) is 3.39. The first-order valence-corrected chi connectivity index (χ1v) is 7.02. The van der Waals surface area contributed by atoms with Crippen LogP contribution in [-0.2, 0) is 7.05 Å². The molecule has 1 unspecified atom stereocenters. The zero-order valence-electron chi connectivity index (χ0n) is 12.5. The van der Waals surface area contributed by atoms with Crippen molar-refractivity contribution in [3.05, 3.63) is 29.6 Å². The predicted molar refractivity (Wildman–Crippen MR) is 79.5 cm³/mol. The van der Waals surface area contributed by atoms with Crippen molar-refractivity contribution in [2.24, 2.45) is 13.0 Å². The van der Waals surface area contributed by atoms with Crippen LogP contribution in [0, 0.1) is 5.92 Å². The summed E-state index contributed by atoms with van der Waals surface area (Å²) in [7, 11) is 2.07. The van der Waals surface area contributed by atoms with Gasteiger partial charge in [-0.25, -0.2) is 4.98 Å². The molecule has 0 spiro atoms. The fourth-order valence-corrected chi connectivity index (χ4v) is 2.67. The third-order valence-electron chi connectivity index (χ3n) is 3.89. The number of hydrogen-bond acceptors (Lipinski definition) is 2. The second-order valence-corrected chi connectivity index (χ2v) is 5.96. The van der Waals surface area contributed by atoms with Gasteiger partial charge in [0.25, 0.3) is 0 Å². The molecule has 0 amide bonds. The Labute approximate surface area is 115 Å². The smallest absolute Gasteiger partial charge is 0.112 e. The van der Waals surface area contributed by atoms with E-state index in [1.54, 1.807) is 0 Å². The summed E-state index contributed by atoms with van der Waals surface area (Å²) in [6.45, 7) is 8.80. The normalized spacial score (nSPS) is 13.7. The maximum absolute atomic E-state index is 9.56. The molecule has 1 aromatic carbocycles. The van der Waals surface area contributed by atoms with Gasteiger partial charge in [0.15, 0.2) is 0 Å². The first-order valence-electron chi connectivity index (χ1n) is 7.02. The average Bonchev–Trinajstić information content (AvgIpc) is 2.67.